The molecule has 131 heavy (non-hydrogen) atoms. The number of carbonyl (C=O) groups excluding carboxylic acids is 4. The molecule has 0 saturated heterocycles. The lowest BCUT2D eigenvalue weighted by Crippen LogP contribution is -2.36. The summed E-state index contributed by atoms with van der Waals surface area (Å²) < 4.78 is 180. The van der Waals surface area contributed by atoms with Crippen molar-refractivity contribution in [3.63, 3.8) is 0 Å². The third-order valence-electron chi connectivity index (χ3n) is 13.9. The van der Waals surface area contributed by atoms with E-state index < -0.39 is 114 Å². The van der Waals surface area contributed by atoms with E-state index in [0.29, 0.717) is 62.7 Å². The maximum absolute atomic E-state index is 12.2. The SMILES string of the molecule is CC(C)(C)OC(=O)Nc1ccc(N)cn1.CC(C)(C)OC(=O)Nc1ccc(NS(C)(=O)=O)cn1.CC(C)(C)OC(=O)Nc1ccc([N+](=O)[O-])cn1.CS(=O)(=O)Nc1ccc(N)nc1.CS(=O)(=O)Nc1ccc2ncc(-c3cccc(NC(=O)NCC(F)(F)F)c3)n2c1.CS(=O)(=O)Nc1ccc2ncc(I)n2c1.CS(=O)(=O)Nc1ccc2nccn2c1.Nc1ccc([N+](=O)[O-])cn1. The number of ether oxygens (including phenoxy) is 3. The maximum atomic E-state index is 12.2. The predicted molar refractivity (Wildman–Crippen MR) is 496 cm³/mol. The van der Waals surface area contributed by atoms with Crippen LogP contribution in [0.5, 0.6) is 0 Å². The summed E-state index contributed by atoms with van der Waals surface area (Å²) in [6.07, 6.45) is 17.0. The maximum Gasteiger partial charge on any atom is 0.413 e. The van der Waals surface area contributed by atoms with Crippen molar-refractivity contribution in [2.24, 2.45) is 0 Å². The molecule has 0 atom stereocenters. The van der Waals surface area contributed by atoms with E-state index in [1.807, 2.05) is 4.40 Å². The van der Waals surface area contributed by atoms with Gasteiger partial charge in [0.2, 0.25) is 50.1 Å². The number of rotatable bonds is 18. The van der Waals surface area contributed by atoms with E-state index in [0.717, 1.165) is 58.7 Å². The molecule has 0 spiro atoms. The Kier molecular flexibility index (Phi) is 38.1. The highest BCUT2D eigenvalue weighted by Crippen LogP contribution is 2.27. The summed E-state index contributed by atoms with van der Waals surface area (Å²) in [6, 6.07) is 30.1. The van der Waals surface area contributed by atoms with Crippen LogP contribution in [-0.4, -0.2) is 190 Å². The zero-order chi connectivity index (χ0) is 98.4. The van der Waals surface area contributed by atoms with E-state index >= 15 is 0 Å². The number of fused-ring (bicyclic) bond motifs is 3. The molecule has 5 amide bonds. The molecule has 0 aliphatic heterocycles. The number of halogens is 4. The fourth-order valence-corrected chi connectivity index (χ4v) is 12.5. The fraction of sp³-hybridized carbons (Fsp3) is 0.253. The summed E-state index contributed by atoms with van der Waals surface area (Å²) in [7, 11) is -16.5. The number of sulfonamides is 5. The van der Waals surface area contributed by atoms with Crippen LogP contribution in [-0.2, 0) is 64.3 Å². The highest BCUT2D eigenvalue weighted by Gasteiger charge is 2.28. The van der Waals surface area contributed by atoms with Crippen molar-refractivity contribution in [3.05, 3.63) is 220 Å². The van der Waals surface area contributed by atoms with Crippen LogP contribution in [0, 0.1) is 23.9 Å². The second-order valence-corrected chi connectivity index (χ2v) is 39.5. The van der Waals surface area contributed by atoms with E-state index in [2.05, 4.69) is 107 Å². The Balaban J connectivity index is 0.000000270. The van der Waals surface area contributed by atoms with Crippen molar-refractivity contribution in [1.29, 1.82) is 0 Å². The van der Waals surface area contributed by atoms with Crippen LogP contribution in [0.4, 0.5) is 113 Å². The summed E-state index contributed by atoms with van der Waals surface area (Å²) in [5, 5.41) is 31.8. The number of aromatic nitrogens is 11. The first-order valence-corrected chi connectivity index (χ1v) is 47.4. The molecule has 56 heteroatoms. The number of urea groups is 1. The van der Waals surface area contributed by atoms with Crippen molar-refractivity contribution in [2.45, 2.75) is 85.3 Å². The number of alkyl halides is 3. The highest BCUT2D eigenvalue weighted by atomic mass is 127. The largest absolute Gasteiger partial charge is 0.444 e. The molecule has 16 N–H and O–H groups in total. The molecule has 47 nitrogen and oxygen atoms in total. The number of nitro groups is 2. The summed E-state index contributed by atoms with van der Waals surface area (Å²) in [5.74, 6) is 1.52. The zero-order valence-electron chi connectivity index (χ0n) is 71.9. The lowest BCUT2D eigenvalue weighted by Gasteiger charge is -2.19. The summed E-state index contributed by atoms with van der Waals surface area (Å²) in [4.78, 5) is 96.3. The Morgan fingerprint density at radius 2 is 0.809 bits per heavy atom. The number of carbonyl (C=O) groups is 4. The van der Waals surface area contributed by atoms with E-state index in [-0.39, 0.29) is 34.5 Å². The molecule has 11 aromatic heterocycles. The molecule has 0 saturated carbocycles. The Hall–Kier alpha value is -14.4. The van der Waals surface area contributed by atoms with Crippen LogP contribution in [0.2, 0.25) is 0 Å². The lowest BCUT2D eigenvalue weighted by atomic mass is 10.1. The smallest absolute Gasteiger partial charge is 0.413 e. The number of pyridine rings is 8. The monoisotopic (exact) mass is 2040 g/mol. The molecule has 12 rings (SSSR count). The van der Waals surface area contributed by atoms with Gasteiger partial charge in [0, 0.05) is 54.4 Å². The number of hydrogen-bond acceptors (Lipinski definition) is 32. The molecule has 1 aromatic carbocycles. The number of nitrogen functional groups attached to an aromatic ring is 3. The molecule has 0 aliphatic rings. The van der Waals surface area contributed by atoms with Crippen molar-refractivity contribution in [3.8, 4) is 11.3 Å². The van der Waals surface area contributed by atoms with Crippen LogP contribution >= 0.6 is 22.6 Å². The van der Waals surface area contributed by atoms with Gasteiger partial charge in [-0.15, -0.1) is 0 Å². The van der Waals surface area contributed by atoms with Crippen molar-refractivity contribution in [2.75, 3.05) is 99.9 Å². The van der Waals surface area contributed by atoms with E-state index in [1.54, 1.807) is 193 Å². The average molecular weight is 2040 g/mol. The summed E-state index contributed by atoms with van der Waals surface area (Å²) >= 11 is 2.13. The minimum absolute atomic E-state index is 0.0470. The molecule has 0 aliphatic carbocycles. The van der Waals surface area contributed by atoms with Gasteiger partial charge in [-0.25, -0.2) is 101 Å². The number of nitrogens with two attached hydrogens (primary N) is 3. The Morgan fingerprint density at radius 1 is 0.427 bits per heavy atom. The van der Waals surface area contributed by atoms with Gasteiger partial charge in [0.1, 0.15) is 85.5 Å². The van der Waals surface area contributed by atoms with Crippen molar-refractivity contribution in [1.82, 2.24) is 58.4 Å². The number of anilines is 12. The van der Waals surface area contributed by atoms with Crippen molar-refractivity contribution >= 4 is 194 Å². The number of benzene rings is 1. The van der Waals surface area contributed by atoms with E-state index in [1.165, 1.54) is 67.1 Å². The average Bonchev–Trinajstić information content (AvgIpc) is 1.68. The number of nitrogens with one attached hydrogen (secondary N) is 10. The second-order valence-electron chi connectivity index (χ2n) is 29.6. The van der Waals surface area contributed by atoms with Crippen LogP contribution in [0.25, 0.3) is 28.2 Å². The number of nitrogens with zero attached hydrogens (tertiary/aromatic N) is 13. The van der Waals surface area contributed by atoms with Gasteiger partial charge in [0.25, 0.3) is 11.4 Å². The number of amides is 5. The minimum Gasteiger partial charge on any atom is -0.444 e. The molecular weight excluding hydrogens is 1950 g/mol. The van der Waals surface area contributed by atoms with E-state index in [9.17, 15) is 94.7 Å². The minimum atomic E-state index is -4.51. The zero-order valence-corrected chi connectivity index (χ0v) is 78.1. The quantitative estimate of drug-likeness (QED) is 0.0164. The van der Waals surface area contributed by atoms with Gasteiger partial charge >= 0.3 is 30.5 Å². The Bertz CT molecular complexity index is 6540. The van der Waals surface area contributed by atoms with Crippen LogP contribution in [0.1, 0.15) is 62.3 Å². The third kappa shape index (κ3) is 44.7. The van der Waals surface area contributed by atoms with Crippen LogP contribution < -0.4 is 67.4 Å². The molecule has 706 valence electrons. The molecule has 0 unspecified atom stereocenters. The first-order chi connectivity index (χ1) is 60.4. The molecule has 12 aromatic rings. The third-order valence-corrected chi connectivity index (χ3v) is 17.7. The van der Waals surface area contributed by atoms with Gasteiger partial charge in [0.05, 0.1) is 112 Å². The highest BCUT2D eigenvalue weighted by molar-refractivity contribution is 14.1. The van der Waals surface area contributed by atoms with Gasteiger partial charge in [-0.05, 0) is 182 Å². The summed E-state index contributed by atoms with van der Waals surface area (Å²) in [5.41, 5.74) is 20.3. The van der Waals surface area contributed by atoms with Crippen LogP contribution in [0.3, 0.4) is 0 Å². The second kappa shape index (κ2) is 46.5. The Morgan fingerprint density at radius 3 is 1.21 bits per heavy atom. The number of imidazole rings is 3. The molecular formula is C75H92F3IN26O21S5. The van der Waals surface area contributed by atoms with E-state index in [4.69, 9.17) is 31.4 Å². The predicted octanol–water partition coefficient (Wildman–Crippen LogP) is 11.8. The molecule has 0 radical (unpaired) electrons. The first kappa shape index (κ1) is 107. The standard InChI is InChI=1S/C17H16F3N5O3S.C11H17N3O4S.C10H13N3O4.C10H15N3O2.C8H8IN3O2S.C8H9N3O2S.C6H9N3O2S.C5H5N3O2/c1-29(27,28)24-13-5-6-15-21-8-14(25(15)9-13)11-3-2-4-12(7-11)23-16(26)22-10-17(18,19)20;1-11(2,3)18-10(15)13-9-6-5-8(7-12-9)14-19(4,16)17;1-10(2,3)17-9(14)12-8-5-4-7(6-11-8)13(15)16;1-10(2,3)15-9(14)13-8-5-4-7(11)6-12-8;1-15(13,14)11-6-2-3-8-10-4-7(9)12(8)5-6;1-14(12,13)10-7-2-3-8-9-4-5-11(8)6-7;1-12(10,11)9-5-2-3-6(7)8-4-5;6-5-2-1-4(3-7-5)8(9)10/h2-9,24H,10H2,1H3,(H2,22,23,26);5-7,14H,1-4H3,(H,12,13,15);4-6H,1-3H3,(H,11,12,14);4-6H,11H2,1-3H3,(H,12,13,14);2-5,11H,1H3;2-6,10H,1H3;2-4,9H,1H3,(H2,7,8);1-3H,(H2,6,7). The topological polar surface area (TPSA) is 668 Å². The molecule has 0 bridgehead atoms. The fourth-order valence-electron chi connectivity index (χ4n) is 9.20. The van der Waals surface area contributed by atoms with Gasteiger partial charge in [-0.2, -0.15) is 13.2 Å². The number of hydrogen-bond donors (Lipinski definition) is 13. The van der Waals surface area contributed by atoms with Gasteiger partial charge in [0.15, 0.2) is 0 Å². The van der Waals surface area contributed by atoms with Gasteiger partial charge in [-0.3, -0.25) is 68.6 Å². The van der Waals surface area contributed by atoms with Crippen molar-refractivity contribution < 1.29 is 98.5 Å². The summed E-state index contributed by atoms with van der Waals surface area (Å²) in [6.45, 7) is 14.4. The Labute approximate surface area is 762 Å². The normalized spacial score (nSPS) is 11.3. The molecule has 11 heterocycles. The van der Waals surface area contributed by atoms with Gasteiger partial charge in [-0.1, -0.05) is 12.1 Å². The first-order valence-electron chi connectivity index (χ1n) is 36.9. The lowest BCUT2D eigenvalue weighted by molar-refractivity contribution is -0.385. The van der Waals surface area contributed by atoms with Gasteiger partial charge < -0.3 is 46.4 Å². The van der Waals surface area contributed by atoms with Crippen LogP contribution in [0.15, 0.2) is 196 Å². The molecule has 0 fully saturated rings.